The van der Waals surface area contributed by atoms with E-state index in [2.05, 4.69) is 16.7 Å². The Bertz CT molecular complexity index is 2100. The Morgan fingerprint density at radius 3 is 1.47 bits per heavy atom. The van der Waals surface area contributed by atoms with Gasteiger partial charge in [-0.05, 0) is 83.9 Å². The van der Waals surface area contributed by atoms with Gasteiger partial charge in [-0.15, -0.1) is 0 Å². The molecule has 0 aliphatic rings. The third-order valence-electron chi connectivity index (χ3n) is 7.28. The Labute approximate surface area is 330 Å². The normalized spacial score (nSPS) is 10.6. The maximum Gasteiger partial charge on any atom is 0.157 e. The molecule has 4 N–H and O–H groups in total. The van der Waals surface area contributed by atoms with E-state index in [1.54, 1.807) is 42.8 Å². The summed E-state index contributed by atoms with van der Waals surface area (Å²) in [7, 11) is 1.65. The lowest BCUT2D eigenvalue weighted by Crippen LogP contribution is -2.01. The Hall–Kier alpha value is -3.53. The molecule has 6 aromatic rings. The van der Waals surface area contributed by atoms with Gasteiger partial charge < -0.3 is 25.6 Å². The first-order chi connectivity index (χ1) is 24.6. The zero-order valence-electron chi connectivity index (χ0n) is 27.0. The number of phenols is 2. The number of rotatable bonds is 11. The van der Waals surface area contributed by atoms with Gasteiger partial charge in [0.2, 0.25) is 0 Å². The maximum absolute atomic E-state index is 10.1. The molecule has 0 saturated carbocycles. The van der Waals surface area contributed by atoms with Crippen molar-refractivity contribution in [3.8, 4) is 17.2 Å². The fourth-order valence-electron chi connectivity index (χ4n) is 4.70. The van der Waals surface area contributed by atoms with Gasteiger partial charge in [-0.3, -0.25) is 0 Å². The predicted molar refractivity (Wildman–Crippen MR) is 216 cm³/mol. The van der Waals surface area contributed by atoms with Gasteiger partial charge in [0.25, 0.3) is 0 Å². The van der Waals surface area contributed by atoms with E-state index in [-0.39, 0.29) is 21.5 Å². The van der Waals surface area contributed by atoms with E-state index in [4.69, 9.17) is 62.7 Å². The lowest BCUT2D eigenvalue weighted by Gasteiger charge is -2.13. The summed E-state index contributed by atoms with van der Waals surface area (Å²) >= 11 is 33.5. The Morgan fingerprint density at radius 1 is 0.529 bits per heavy atom. The Balaban J connectivity index is 0.000000198. The lowest BCUT2D eigenvalue weighted by molar-refractivity contribution is 0.414. The molecular formula is C39H31Cl5N2O3S2. The van der Waals surface area contributed by atoms with Crippen LogP contribution in [0.5, 0.6) is 17.2 Å². The van der Waals surface area contributed by atoms with Crippen molar-refractivity contribution >= 4 is 92.9 Å². The molecule has 0 unspecified atom stereocenters. The fraction of sp³-hybridized carbons (Fsp3) is 0.0769. The van der Waals surface area contributed by atoms with E-state index in [9.17, 15) is 10.2 Å². The molecule has 0 radical (unpaired) electrons. The van der Waals surface area contributed by atoms with Gasteiger partial charge in [-0.25, -0.2) is 0 Å². The number of ether oxygens (including phenoxy) is 1. The topological polar surface area (TPSA) is 73.8 Å². The minimum absolute atomic E-state index is 0.00337. The smallest absolute Gasteiger partial charge is 0.157 e. The highest BCUT2D eigenvalue weighted by Crippen LogP contribution is 2.39. The van der Waals surface area contributed by atoms with Crippen molar-refractivity contribution in [3.63, 3.8) is 0 Å². The standard InChI is InChI=1S/C20H17Cl2NO2S.C19H14Cl3NOS/c1-25-15-6-8-16(9-7-15)26-19-5-3-2-4-13(19)12-23-18-11-14(21)10-17(22)20(18)24;20-13-9-15(22)19(24)16(10-13)23-11-12-5-1-3-7-17(12)25-18-8-4-2-6-14(18)21/h2-11,23-24H,12H2,1H3;1-10,23-24H,11H2. The minimum atomic E-state index is -0.0118. The van der Waals surface area contributed by atoms with Gasteiger partial charge in [0.15, 0.2) is 11.5 Å². The average molecular weight is 817 g/mol. The van der Waals surface area contributed by atoms with Crippen LogP contribution >= 0.6 is 81.5 Å². The molecule has 0 spiro atoms. The van der Waals surface area contributed by atoms with Gasteiger partial charge in [-0.2, -0.15) is 0 Å². The largest absolute Gasteiger partial charge is 0.504 e. The number of anilines is 2. The molecule has 5 nitrogen and oxygen atoms in total. The van der Waals surface area contributed by atoms with E-state index < -0.39 is 0 Å². The third-order valence-corrected chi connectivity index (χ3v) is 11.1. The lowest BCUT2D eigenvalue weighted by atomic mass is 10.2. The molecule has 0 aliphatic carbocycles. The minimum Gasteiger partial charge on any atom is -0.504 e. The predicted octanol–water partition coefficient (Wildman–Crippen LogP) is 13.6. The summed E-state index contributed by atoms with van der Waals surface area (Å²) in [5.41, 5.74) is 3.17. The van der Waals surface area contributed by atoms with Crippen molar-refractivity contribution in [2.75, 3.05) is 17.7 Å². The molecule has 0 atom stereocenters. The molecule has 6 aromatic carbocycles. The monoisotopic (exact) mass is 814 g/mol. The molecule has 0 fully saturated rings. The molecule has 0 aliphatic heterocycles. The molecule has 51 heavy (non-hydrogen) atoms. The molecular weight excluding hydrogens is 786 g/mol. The van der Waals surface area contributed by atoms with Crippen molar-refractivity contribution in [2.24, 2.45) is 0 Å². The van der Waals surface area contributed by atoms with Crippen molar-refractivity contribution in [2.45, 2.75) is 32.7 Å². The van der Waals surface area contributed by atoms with Crippen LogP contribution in [0.4, 0.5) is 11.4 Å². The fourth-order valence-corrected chi connectivity index (χ4v) is 7.85. The van der Waals surface area contributed by atoms with E-state index in [1.807, 2.05) is 91.0 Å². The average Bonchev–Trinajstić information content (AvgIpc) is 3.12. The summed E-state index contributed by atoms with van der Waals surface area (Å²) in [6.45, 7) is 1.04. The Morgan fingerprint density at radius 2 is 0.980 bits per heavy atom. The Kier molecular flexibility index (Phi) is 14.3. The van der Waals surface area contributed by atoms with Crippen LogP contribution < -0.4 is 15.4 Å². The van der Waals surface area contributed by atoms with Crippen LogP contribution in [0.25, 0.3) is 0 Å². The number of hydrogen-bond acceptors (Lipinski definition) is 7. The van der Waals surface area contributed by atoms with Crippen LogP contribution in [0, 0.1) is 0 Å². The molecule has 6 rings (SSSR count). The maximum atomic E-state index is 10.1. The number of halogens is 5. The first kappa shape index (κ1) is 38.7. The van der Waals surface area contributed by atoms with Crippen LogP contribution in [0.2, 0.25) is 25.1 Å². The second-order valence-corrected chi connectivity index (χ2v) is 15.1. The molecule has 0 aromatic heterocycles. The number of methoxy groups -OCH3 is 1. The van der Waals surface area contributed by atoms with Crippen molar-refractivity contribution < 1.29 is 14.9 Å². The van der Waals surface area contributed by atoms with E-state index in [0.29, 0.717) is 34.5 Å². The van der Waals surface area contributed by atoms with E-state index in [1.165, 1.54) is 12.1 Å². The van der Waals surface area contributed by atoms with E-state index in [0.717, 1.165) is 41.5 Å². The van der Waals surface area contributed by atoms with Crippen molar-refractivity contribution in [1.82, 2.24) is 0 Å². The summed E-state index contributed by atoms with van der Waals surface area (Å²) in [6, 6.07) is 38.1. The van der Waals surface area contributed by atoms with Crippen molar-refractivity contribution in [3.05, 3.63) is 158 Å². The highest BCUT2D eigenvalue weighted by atomic mass is 35.5. The number of nitrogens with one attached hydrogen (secondary N) is 2. The molecule has 0 saturated heterocycles. The summed E-state index contributed by atoms with van der Waals surface area (Å²) in [4.78, 5) is 4.31. The zero-order valence-corrected chi connectivity index (χ0v) is 32.4. The summed E-state index contributed by atoms with van der Waals surface area (Å²) in [6.07, 6.45) is 0. The van der Waals surface area contributed by atoms with Gasteiger partial charge in [-0.1, -0.05) is 130 Å². The molecule has 262 valence electrons. The molecule has 0 amide bonds. The molecule has 12 heteroatoms. The summed E-state index contributed by atoms with van der Waals surface area (Å²) in [5.74, 6) is 0.816. The van der Waals surface area contributed by atoms with Crippen LogP contribution in [0.15, 0.2) is 141 Å². The quantitative estimate of drug-likeness (QED) is 0.0971. The summed E-state index contributed by atoms with van der Waals surface area (Å²) < 4.78 is 5.20. The van der Waals surface area contributed by atoms with Crippen LogP contribution in [-0.2, 0) is 13.1 Å². The molecule has 0 bridgehead atoms. The van der Waals surface area contributed by atoms with Crippen LogP contribution in [0.1, 0.15) is 11.1 Å². The van der Waals surface area contributed by atoms with Gasteiger partial charge in [0, 0.05) is 42.7 Å². The summed E-state index contributed by atoms with van der Waals surface area (Å²) in [5, 5.41) is 28.6. The van der Waals surface area contributed by atoms with Crippen LogP contribution in [-0.4, -0.2) is 17.3 Å². The van der Waals surface area contributed by atoms with Crippen LogP contribution in [0.3, 0.4) is 0 Å². The second kappa shape index (κ2) is 18.8. The van der Waals surface area contributed by atoms with Gasteiger partial charge in [0.1, 0.15) is 5.75 Å². The van der Waals surface area contributed by atoms with E-state index >= 15 is 0 Å². The SMILES string of the molecule is COc1ccc(Sc2ccccc2CNc2cc(Cl)cc(Cl)c2O)cc1.Oc1c(Cl)cc(Cl)cc1NCc1ccccc1Sc1ccccc1Cl. The second-order valence-electron chi connectivity index (χ2n) is 10.8. The first-order valence-electron chi connectivity index (χ1n) is 15.3. The van der Waals surface area contributed by atoms with Crippen molar-refractivity contribution in [1.29, 1.82) is 0 Å². The number of hydrogen-bond donors (Lipinski definition) is 4. The first-order valence-corrected chi connectivity index (χ1v) is 18.9. The number of benzene rings is 6. The highest BCUT2D eigenvalue weighted by molar-refractivity contribution is 7.99. The van der Waals surface area contributed by atoms with Gasteiger partial charge >= 0.3 is 0 Å². The number of aromatic hydroxyl groups is 2. The number of phenolic OH excluding ortho intramolecular Hbond substituents is 2. The zero-order chi connectivity index (χ0) is 36.3. The molecule has 0 heterocycles. The highest BCUT2D eigenvalue weighted by Gasteiger charge is 2.12. The van der Waals surface area contributed by atoms with Gasteiger partial charge in [0.05, 0.1) is 33.6 Å². The third kappa shape index (κ3) is 11.0.